The van der Waals surface area contributed by atoms with Gasteiger partial charge in [-0.3, -0.25) is 14.6 Å². The van der Waals surface area contributed by atoms with Crippen LogP contribution < -0.4 is 5.56 Å². The van der Waals surface area contributed by atoms with Crippen LogP contribution in [0.4, 0.5) is 0 Å². The maximum Gasteiger partial charge on any atom is 0.276 e. The molecule has 0 spiro atoms. The largest absolute Gasteiger partial charge is 0.393 e. The van der Waals surface area contributed by atoms with Crippen molar-refractivity contribution in [2.24, 2.45) is 0 Å². The van der Waals surface area contributed by atoms with Gasteiger partial charge in [0.2, 0.25) is 0 Å². The van der Waals surface area contributed by atoms with Gasteiger partial charge >= 0.3 is 0 Å². The lowest BCUT2D eigenvalue weighted by molar-refractivity contribution is 0.177. The molecular weight excluding hydrogens is 332 g/mol. The first-order valence-electron chi connectivity index (χ1n) is 8.76. The van der Waals surface area contributed by atoms with Gasteiger partial charge in [-0.1, -0.05) is 13.8 Å². The molecule has 0 amide bonds. The molecule has 2 N–H and O–H groups in total. The second kappa shape index (κ2) is 6.11. The maximum absolute atomic E-state index is 12.9. The van der Waals surface area contributed by atoms with Crippen LogP contribution in [0.15, 0.2) is 23.4 Å². The van der Waals surface area contributed by atoms with Gasteiger partial charge in [-0.2, -0.15) is 10.4 Å². The molecule has 26 heavy (non-hydrogen) atoms. The number of nitriles is 1. The maximum atomic E-state index is 12.9. The molecule has 1 aliphatic carbocycles. The highest BCUT2D eigenvalue weighted by Gasteiger charge is 2.26. The first kappa shape index (κ1) is 16.5. The minimum Gasteiger partial charge on any atom is -0.393 e. The van der Waals surface area contributed by atoms with Gasteiger partial charge in [0.25, 0.3) is 5.56 Å². The zero-order valence-corrected chi connectivity index (χ0v) is 14.7. The quantitative estimate of drug-likeness (QED) is 0.748. The summed E-state index contributed by atoms with van der Waals surface area (Å²) in [7, 11) is 0. The lowest BCUT2D eigenvalue weighted by Gasteiger charge is -2.11. The summed E-state index contributed by atoms with van der Waals surface area (Å²) >= 11 is 0. The van der Waals surface area contributed by atoms with E-state index in [2.05, 4.69) is 21.3 Å². The normalized spacial score (nSPS) is 20.1. The number of aromatic nitrogens is 5. The topological polar surface area (TPSA) is 112 Å². The second-order valence-corrected chi connectivity index (χ2v) is 7.12. The number of rotatable bonds is 3. The molecule has 8 nitrogen and oxygen atoms in total. The van der Waals surface area contributed by atoms with E-state index in [1.165, 1.54) is 10.7 Å². The van der Waals surface area contributed by atoms with E-state index in [4.69, 9.17) is 0 Å². The Morgan fingerprint density at radius 1 is 1.42 bits per heavy atom. The van der Waals surface area contributed by atoms with Crippen molar-refractivity contribution in [3.63, 3.8) is 0 Å². The summed E-state index contributed by atoms with van der Waals surface area (Å²) in [4.78, 5) is 17.5. The number of aromatic amines is 1. The summed E-state index contributed by atoms with van der Waals surface area (Å²) in [6.45, 7) is 3.89. The number of nitrogens with one attached hydrogen (secondary N) is 1. The van der Waals surface area contributed by atoms with Crippen molar-refractivity contribution in [1.82, 2.24) is 24.4 Å². The van der Waals surface area contributed by atoms with Crippen molar-refractivity contribution in [2.75, 3.05) is 0 Å². The van der Waals surface area contributed by atoms with Crippen LogP contribution in [-0.4, -0.2) is 35.6 Å². The molecule has 2 atom stereocenters. The average Bonchev–Trinajstić information content (AvgIpc) is 3.32. The fourth-order valence-corrected chi connectivity index (χ4v) is 3.69. The van der Waals surface area contributed by atoms with Crippen molar-refractivity contribution in [1.29, 1.82) is 5.26 Å². The number of aliphatic hydroxyl groups excluding tert-OH is 1. The van der Waals surface area contributed by atoms with Gasteiger partial charge in [-0.05, 0) is 25.2 Å². The molecule has 3 heterocycles. The van der Waals surface area contributed by atoms with E-state index in [-0.39, 0.29) is 23.6 Å². The third-order valence-corrected chi connectivity index (χ3v) is 5.02. The van der Waals surface area contributed by atoms with Crippen molar-refractivity contribution >= 4 is 5.65 Å². The number of fused-ring (bicyclic) bond motifs is 1. The molecule has 3 aromatic rings. The molecule has 8 heteroatoms. The second-order valence-electron chi connectivity index (χ2n) is 7.12. The van der Waals surface area contributed by atoms with E-state index >= 15 is 0 Å². The molecular formula is C18H20N6O2. The fraction of sp³-hybridized carbons (Fsp3) is 0.444. The van der Waals surface area contributed by atoms with E-state index in [1.54, 1.807) is 6.20 Å². The Bertz CT molecular complexity index is 1070. The van der Waals surface area contributed by atoms with Crippen LogP contribution in [0.2, 0.25) is 0 Å². The summed E-state index contributed by atoms with van der Waals surface area (Å²) in [5.74, 6) is -0.0348. The van der Waals surface area contributed by atoms with E-state index in [1.807, 2.05) is 24.7 Å². The van der Waals surface area contributed by atoms with Crippen LogP contribution in [0, 0.1) is 11.3 Å². The Morgan fingerprint density at radius 2 is 2.23 bits per heavy atom. The Hall–Kier alpha value is -2.92. The summed E-state index contributed by atoms with van der Waals surface area (Å²) < 4.78 is 3.16. The van der Waals surface area contributed by atoms with Gasteiger partial charge in [-0.15, -0.1) is 0 Å². The van der Waals surface area contributed by atoms with E-state index < -0.39 is 0 Å². The summed E-state index contributed by atoms with van der Waals surface area (Å²) in [5.41, 5.74) is 2.34. The van der Waals surface area contributed by atoms with E-state index in [0.29, 0.717) is 28.9 Å². The van der Waals surface area contributed by atoms with Crippen molar-refractivity contribution in [3.8, 4) is 17.3 Å². The molecule has 1 aliphatic rings. The number of hydrogen-bond acceptors (Lipinski definition) is 5. The van der Waals surface area contributed by atoms with Gasteiger partial charge in [0, 0.05) is 23.5 Å². The smallest absolute Gasteiger partial charge is 0.276 e. The zero-order valence-electron chi connectivity index (χ0n) is 14.7. The number of nitrogens with zero attached hydrogens (tertiary/aromatic N) is 5. The van der Waals surface area contributed by atoms with Crippen LogP contribution in [0.5, 0.6) is 0 Å². The highest BCUT2D eigenvalue weighted by Crippen LogP contribution is 2.32. The van der Waals surface area contributed by atoms with Crippen molar-refractivity contribution < 1.29 is 5.11 Å². The van der Waals surface area contributed by atoms with Crippen LogP contribution in [0.3, 0.4) is 0 Å². The molecule has 0 aromatic carbocycles. The Labute approximate surface area is 149 Å². The van der Waals surface area contributed by atoms with Gasteiger partial charge in [0.1, 0.15) is 11.6 Å². The van der Waals surface area contributed by atoms with Crippen LogP contribution in [0.25, 0.3) is 16.9 Å². The Kier molecular flexibility index (Phi) is 3.89. The lowest BCUT2D eigenvalue weighted by atomic mass is 10.00. The molecule has 1 saturated carbocycles. The number of H-pyrrole nitrogens is 1. The van der Waals surface area contributed by atoms with Gasteiger partial charge in [0.05, 0.1) is 24.0 Å². The number of hydrogen-bond donors (Lipinski definition) is 2. The minimum absolute atomic E-state index is 0.0348. The molecule has 134 valence electrons. The predicted molar refractivity (Wildman–Crippen MR) is 94.7 cm³/mol. The lowest BCUT2D eigenvalue weighted by Crippen LogP contribution is -2.22. The molecule has 0 aliphatic heterocycles. The summed E-state index contributed by atoms with van der Waals surface area (Å²) in [5, 5.41) is 26.3. The Balaban J connectivity index is 1.88. The third-order valence-electron chi connectivity index (χ3n) is 5.02. The monoisotopic (exact) mass is 352 g/mol. The standard InChI is InChI=1S/C18H20N6O2/c1-10(2)15-16(22-17-11(6-19)7-21-24(17)18(15)26)12-8-20-23(9-12)13-3-4-14(25)5-13/h7-10,13-14,21,25H,3-5H2,1-2H3/t13-,14+/m0/s1. The first-order valence-corrected chi connectivity index (χ1v) is 8.76. The summed E-state index contributed by atoms with van der Waals surface area (Å²) in [6, 6.07) is 2.22. The highest BCUT2D eigenvalue weighted by molar-refractivity contribution is 5.67. The molecule has 0 saturated heterocycles. The molecule has 0 radical (unpaired) electrons. The van der Waals surface area contributed by atoms with Crippen molar-refractivity contribution in [3.05, 3.63) is 40.1 Å². The molecule has 0 bridgehead atoms. The minimum atomic E-state index is -0.281. The predicted octanol–water partition coefficient (Wildman–Crippen LogP) is 1.97. The summed E-state index contributed by atoms with van der Waals surface area (Å²) in [6.07, 6.45) is 7.13. The van der Waals surface area contributed by atoms with Crippen LogP contribution >= 0.6 is 0 Å². The van der Waals surface area contributed by atoms with Crippen LogP contribution in [0.1, 0.15) is 56.2 Å². The van der Waals surface area contributed by atoms with Gasteiger partial charge in [-0.25, -0.2) is 9.50 Å². The molecule has 3 aromatic heterocycles. The molecule has 4 rings (SSSR count). The van der Waals surface area contributed by atoms with E-state index in [9.17, 15) is 15.2 Å². The number of aliphatic hydroxyl groups is 1. The van der Waals surface area contributed by atoms with E-state index in [0.717, 1.165) is 18.4 Å². The highest BCUT2D eigenvalue weighted by atomic mass is 16.3. The first-order chi connectivity index (χ1) is 12.5. The SMILES string of the molecule is CC(C)c1c(-c2cnn([C@H]3CC[C@@H](O)C3)c2)nc2c(C#N)c[nH]n2c1=O. The third kappa shape index (κ3) is 2.52. The Morgan fingerprint density at radius 3 is 2.88 bits per heavy atom. The van der Waals surface area contributed by atoms with Gasteiger partial charge in [0.15, 0.2) is 5.65 Å². The van der Waals surface area contributed by atoms with Crippen molar-refractivity contribution in [2.45, 2.75) is 51.2 Å². The fourth-order valence-electron chi connectivity index (χ4n) is 3.69. The molecule has 1 fully saturated rings. The average molecular weight is 352 g/mol. The zero-order chi connectivity index (χ0) is 18.4. The molecule has 0 unspecified atom stereocenters. The van der Waals surface area contributed by atoms with Crippen LogP contribution in [-0.2, 0) is 0 Å². The van der Waals surface area contributed by atoms with Gasteiger partial charge < -0.3 is 5.11 Å².